The number of hydrogen-bond acceptors (Lipinski definition) is 2. The van der Waals surface area contributed by atoms with Gasteiger partial charge in [0.15, 0.2) is 0 Å². The maximum absolute atomic E-state index is 12.3. The molecule has 0 unspecified atom stereocenters. The molecule has 0 saturated carbocycles. The van der Waals surface area contributed by atoms with Crippen molar-refractivity contribution < 1.29 is 9.53 Å². The van der Waals surface area contributed by atoms with E-state index in [4.69, 9.17) is 4.74 Å². The lowest BCUT2D eigenvalue weighted by Gasteiger charge is -2.15. The molecule has 0 aliphatic heterocycles. The van der Waals surface area contributed by atoms with Crippen LogP contribution in [0, 0.1) is 0 Å². The Morgan fingerprint density at radius 3 is 2.35 bits per heavy atom. The monoisotopic (exact) mass is 269 g/mol. The lowest BCUT2D eigenvalue weighted by molar-refractivity contribution is 0.0822. The third-order valence-electron chi connectivity index (χ3n) is 3.15. The molecule has 0 aliphatic rings. The quantitative estimate of drug-likeness (QED) is 0.853. The molecule has 1 amide bonds. The Bertz CT molecular complexity index is 591. The molecule has 0 heterocycles. The standard InChI is InChI=1S/C17H19NO2/c1-18(2)17(19)16-11-14(9-10-15(16)12-20-3)13-7-5-4-6-8-13/h4-11H,12H2,1-3H3. The Hall–Kier alpha value is -2.13. The maximum Gasteiger partial charge on any atom is 0.253 e. The Morgan fingerprint density at radius 1 is 1.05 bits per heavy atom. The number of rotatable bonds is 4. The van der Waals surface area contributed by atoms with Gasteiger partial charge in [0, 0.05) is 26.8 Å². The molecule has 0 bridgehead atoms. The van der Waals surface area contributed by atoms with E-state index in [0.717, 1.165) is 16.7 Å². The molecule has 2 rings (SSSR count). The summed E-state index contributed by atoms with van der Waals surface area (Å²) in [6.07, 6.45) is 0. The van der Waals surface area contributed by atoms with E-state index in [2.05, 4.69) is 0 Å². The van der Waals surface area contributed by atoms with Gasteiger partial charge < -0.3 is 9.64 Å². The SMILES string of the molecule is COCc1ccc(-c2ccccc2)cc1C(=O)N(C)C. The van der Waals surface area contributed by atoms with Crippen LogP contribution < -0.4 is 0 Å². The molecule has 0 aromatic heterocycles. The molecule has 104 valence electrons. The van der Waals surface area contributed by atoms with Gasteiger partial charge >= 0.3 is 0 Å². The number of nitrogens with zero attached hydrogens (tertiary/aromatic N) is 1. The topological polar surface area (TPSA) is 29.5 Å². The third kappa shape index (κ3) is 3.06. The zero-order valence-corrected chi connectivity index (χ0v) is 12.1. The van der Waals surface area contributed by atoms with Crippen molar-refractivity contribution in [1.29, 1.82) is 0 Å². The Morgan fingerprint density at radius 2 is 1.75 bits per heavy atom. The van der Waals surface area contributed by atoms with Crippen LogP contribution in [0.25, 0.3) is 11.1 Å². The van der Waals surface area contributed by atoms with Crippen molar-refractivity contribution in [2.75, 3.05) is 21.2 Å². The molecule has 2 aromatic carbocycles. The van der Waals surface area contributed by atoms with E-state index in [9.17, 15) is 4.79 Å². The fourth-order valence-electron chi connectivity index (χ4n) is 2.11. The fourth-order valence-corrected chi connectivity index (χ4v) is 2.11. The molecule has 3 nitrogen and oxygen atoms in total. The number of methoxy groups -OCH3 is 1. The van der Waals surface area contributed by atoms with Gasteiger partial charge in [0.2, 0.25) is 0 Å². The van der Waals surface area contributed by atoms with Gasteiger partial charge in [-0.1, -0.05) is 42.5 Å². The minimum Gasteiger partial charge on any atom is -0.380 e. The minimum absolute atomic E-state index is 0.00479. The van der Waals surface area contributed by atoms with Crippen LogP contribution in [0.15, 0.2) is 48.5 Å². The van der Waals surface area contributed by atoms with Crippen molar-refractivity contribution in [3.8, 4) is 11.1 Å². The Balaban J connectivity index is 2.48. The molecule has 0 aliphatic carbocycles. The average molecular weight is 269 g/mol. The number of ether oxygens (including phenoxy) is 1. The van der Waals surface area contributed by atoms with E-state index < -0.39 is 0 Å². The van der Waals surface area contributed by atoms with Gasteiger partial charge in [-0.25, -0.2) is 0 Å². The second kappa shape index (κ2) is 6.35. The van der Waals surface area contributed by atoms with Crippen LogP contribution in [0.2, 0.25) is 0 Å². The van der Waals surface area contributed by atoms with Gasteiger partial charge in [0.25, 0.3) is 5.91 Å². The first-order valence-corrected chi connectivity index (χ1v) is 6.52. The van der Waals surface area contributed by atoms with Gasteiger partial charge in [0.05, 0.1) is 6.61 Å². The molecular formula is C17H19NO2. The first-order valence-electron chi connectivity index (χ1n) is 6.52. The summed E-state index contributed by atoms with van der Waals surface area (Å²) in [6, 6.07) is 16.0. The summed E-state index contributed by atoms with van der Waals surface area (Å²) in [5, 5.41) is 0. The van der Waals surface area contributed by atoms with Crippen LogP contribution in [0.4, 0.5) is 0 Å². The van der Waals surface area contributed by atoms with Gasteiger partial charge in [0.1, 0.15) is 0 Å². The molecule has 0 N–H and O–H groups in total. The number of amides is 1. The summed E-state index contributed by atoms with van der Waals surface area (Å²) in [6.45, 7) is 0.435. The van der Waals surface area contributed by atoms with Crippen molar-refractivity contribution in [2.24, 2.45) is 0 Å². The number of carbonyl (C=O) groups is 1. The maximum atomic E-state index is 12.3. The predicted octanol–water partition coefficient (Wildman–Crippen LogP) is 3.20. The van der Waals surface area contributed by atoms with E-state index >= 15 is 0 Å². The molecule has 0 spiro atoms. The van der Waals surface area contributed by atoms with Gasteiger partial charge in [-0.2, -0.15) is 0 Å². The number of benzene rings is 2. The molecule has 2 aromatic rings. The average Bonchev–Trinajstić information content (AvgIpc) is 2.48. The van der Waals surface area contributed by atoms with Gasteiger partial charge in [-0.3, -0.25) is 4.79 Å². The van der Waals surface area contributed by atoms with Crippen LogP contribution in [-0.4, -0.2) is 32.0 Å². The van der Waals surface area contributed by atoms with E-state index in [1.165, 1.54) is 0 Å². The molecule has 0 atom stereocenters. The normalized spacial score (nSPS) is 10.3. The first kappa shape index (κ1) is 14.3. The molecular weight excluding hydrogens is 250 g/mol. The summed E-state index contributed by atoms with van der Waals surface area (Å²) >= 11 is 0. The number of carbonyl (C=O) groups excluding carboxylic acids is 1. The Labute approximate surface area is 119 Å². The minimum atomic E-state index is -0.00479. The second-order valence-corrected chi connectivity index (χ2v) is 4.87. The molecule has 20 heavy (non-hydrogen) atoms. The van der Waals surface area contributed by atoms with Crippen molar-refractivity contribution in [3.63, 3.8) is 0 Å². The largest absolute Gasteiger partial charge is 0.380 e. The smallest absolute Gasteiger partial charge is 0.253 e. The molecule has 3 heteroatoms. The highest BCUT2D eigenvalue weighted by atomic mass is 16.5. The number of hydrogen-bond donors (Lipinski definition) is 0. The summed E-state index contributed by atoms with van der Waals surface area (Å²) in [4.78, 5) is 13.9. The lowest BCUT2D eigenvalue weighted by atomic mass is 9.98. The third-order valence-corrected chi connectivity index (χ3v) is 3.15. The first-order chi connectivity index (χ1) is 9.63. The van der Waals surface area contributed by atoms with Crippen LogP contribution in [0.1, 0.15) is 15.9 Å². The van der Waals surface area contributed by atoms with Crippen molar-refractivity contribution in [3.05, 3.63) is 59.7 Å². The highest BCUT2D eigenvalue weighted by Gasteiger charge is 2.14. The molecule has 0 fully saturated rings. The second-order valence-electron chi connectivity index (χ2n) is 4.87. The van der Waals surface area contributed by atoms with Crippen molar-refractivity contribution >= 4 is 5.91 Å². The van der Waals surface area contributed by atoms with Crippen LogP contribution in [-0.2, 0) is 11.3 Å². The summed E-state index contributed by atoms with van der Waals surface area (Å²) < 4.78 is 5.17. The van der Waals surface area contributed by atoms with Crippen LogP contribution in [0.3, 0.4) is 0 Å². The molecule has 0 saturated heterocycles. The van der Waals surface area contributed by atoms with Gasteiger partial charge in [-0.15, -0.1) is 0 Å². The summed E-state index contributed by atoms with van der Waals surface area (Å²) in [5.41, 5.74) is 3.74. The summed E-state index contributed by atoms with van der Waals surface area (Å²) in [5.74, 6) is -0.00479. The highest BCUT2D eigenvalue weighted by Crippen LogP contribution is 2.23. The lowest BCUT2D eigenvalue weighted by Crippen LogP contribution is -2.23. The highest BCUT2D eigenvalue weighted by molar-refractivity contribution is 5.96. The molecule has 0 radical (unpaired) electrons. The van der Waals surface area contributed by atoms with Crippen molar-refractivity contribution in [2.45, 2.75) is 6.61 Å². The fraction of sp³-hybridized carbons (Fsp3) is 0.235. The Kier molecular flexibility index (Phi) is 4.53. The van der Waals surface area contributed by atoms with Crippen LogP contribution in [0.5, 0.6) is 0 Å². The van der Waals surface area contributed by atoms with Gasteiger partial charge in [-0.05, 0) is 22.8 Å². The van der Waals surface area contributed by atoms with Crippen LogP contribution >= 0.6 is 0 Å². The zero-order chi connectivity index (χ0) is 14.5. The summed E-state index contributed by atoms with van der Waals surface area (Å²) in [7, 11) is 5.15. The van der Waals surface area contributed by atoms with E-state index in [0.29, 0.717) is 12.2 Å². The zero-order valence-electron chi connectivity index (χ0n) is 12.1. The van der Waals surface area contributed by atoms with E-state index in [1.807, 2.05) is 48.5 Å². The van der Waals surface area contributed by atoms with Crippen molar-refractivity contribution in [1.82, 2.24) is 4.90 Å². The van der Waals surface area contributed by atoms with E-state index in [1.54, 1.807) is 26.1 Å². The van der Waals surface area contributed by atoms with E-state index in [-0.39, 0.29) is 5.91 Å². The predicted molar refractivity (Wildman–Crippen MR) is 80.6 cm³/mol.